The van der Waals surface area contributed by atoms with Gasteiger partial charge in [0.1, 0.15) is 0 Å². The standard InChI is InChI=1S/C12H21NS/c1-4-5-9(2)8-11(13)12-10(3)6-7-14-12/h6-7,9,11H,4-5,8,13H2,1-3H3. The van der Waals surface area contributed by atoms with Crippen LogP contribution in [0.2, 0.25) is 0 Å². The van der Waals surface area contributed by atoms with Crippen LogP contribution >= 0.6 is 11.3 Å². The van der Waals surface area contributed by atoms with E-state index in [1.54, 1.807) is 11.3 Å². The molecule has 0 spiro atoms. The molecule has 80 valence electrons. The van der Waals surface area contributed by atoms with E-state index in [4.69, 9.17) is 5.73 Å². The van der Waals surface area contributed by atoms with Crippen LogP contribution in [0.25, 0.3) is 0 Å². The summed E-state index contributed by atoms with van der Waals surface area (Å²) in [6.45, 7) is 6.68. The van der Waals surface area contributed by atoms with Crippen LogP contribution in [-0.4, -0.2) is 0 Å². The SMILES string of the molecule is CCCC(C)CC(N)c1sccc1C. The number of hydrogen-bond acceptors (Lipinski definition) is 2. The second-order valence-corrected chi connectivity index (χ2v) is 5.15. The summed E-state index contributed by atoms with van der Waals surface area (Å²) in [4.78, 5) is 1.37. The Labute approximate surface area is 91.3 Å². The van der Waals surface area contributed by atoms with Crippen LogP contribution in [0.3, 0.4) is 0 Å². The zero-order valence-corrected chi connectivity index (χ0v) is 10.2. The van der Waals surface area contributed by atoms with Crippen molar-refractivity contribution in [1.29, 1.82) is 0 Å². The first kappa shape index (κ1) is 11.7. The van der Waals surface area contributed by atoms with E-state index in [0.717, 1.165) is 12.3 Å². The molecule has 0 bridgehead atoms. The lowest BCUT2D eigenvalue weighted by molar-refractivity contribution is 0.443. The van der Waals surface area contributed by atoms with Gasteiger partial charge in [-0.3, -0.25) is 0 Å². The van der Waals surface area contributed by atoms with Gasteiger partial charge >= 0.3 is 0 Å². The molecule has 0 aromatic carbocycles. The zero-order chi connectivity index (χ0) is 10.6. The van der Waals surface area contributed by atoms with Gasteiger partial charge in [0.05, 0.1) is 0 Å². The molecule has 0 aliphatic heterocycles. The Morgan fingerprint density at radius 1 is 1.50 bits per heavy atom. The van der Waals surface area contributed by atoms with Gasteiger partial charge < -0.3 is 5.73 Å². The first-order chi connectivity index (χ1) is 6.65. The number of thiophene rings is 1. The van der Waals surface area contributed by atoms with Crippen molar-refractivity contribution in [3.8, 4) is 0 Å². The summed E-state index contributed by atoms with van der Waals surface area (Å²) in [6, 6.07) is 2.40. The van der Waals surface area contributed by atoms with Gasteiger partial charge in [-0.15, -0.1) is 11.3 Å². The summed E-state index contributed by atoms with van der Waals surface area (Å²) in [5, 5.41) is 2.13. The van der Waals surface area contributed by atoms with E-state index in [-0.39, 0.29) is 6.04 Å². The van der Waals surface area contributed by atoms with Crippen LogP contribution in [-0.2, 0) is 0 Å². The molecule has 0 radical (unpaired) electrons. The predicted molar refractivity (Wildman–Crippen MR) is 64.7 cm³/mol. The smallest absolute Gasteiger partial charge is 0.0394 e. The van der Waals surface area contributed by atoms with Crippen LogP contribution in [0.5, 0.6) is 0 Å². The topological polar surface area (TPSA) is 26.0 Å². The van der Waals surface area contributed by atoms with Crippen molar-refractivity contribution in [2.24, 2.45) is 11.7 Å². The normalized spacial score (nSPS) is 15.4. The highest BCUT2D eigenvalue weighted by molar-refractivity contribution is 7.10. The molecule has 1 rings (SSSR count). The van der Waals surface area contributed by atoms with Crippen LogP contribution in [0.1, 0.15) is 49.6 Å². The minimum absolute atomic E-state index is 0.247. The van der Waals surface area contributed by atoms with E-state index in [2.05, 4.69) is 32.2 Å². The van der Waals surface area contributed by atoms with E-state index < -0.39 is 0 Å². The maximum Gasteiger partial charge on any atom is 0.0394 e. The molecule has 0 fully saturated rings. The molecule has 1 nitrogen and oxygen atoms in total. The molecule has 0 saturated carbocycles. The van der Waals surface area contributed by atoms with E-state index in [9.17, 15) is 0 Å². The van der Waals surface area contributed by atoms with Crippen molar-refractivity contribution in [1.82, 2.24) is 0 Å². The lowest BCUT2D eigenvalue weighted by Gasteiger charge is -2.16. The van der Waals surface area contributed by atoms with Gasteiger partial charge in [-0.2, -0.15) is 0 Å². The highest BCUT2D eigenvalue weighted by Crippen LogP contribution is 2.27. The van der Waals surface area contributed by atoms with Crippen molar-refractivity contribution in [3.63, 3.8) is 0 Å². The summed E-state index contributed by atoms with van der Waals surface area (Å²) < 4.78 is 0. The third-order valence-corrected chi connectivity index (χ3v) is 3.83. The molecule has 0 saturated heterocycles. The highest BCUT2D eigenvalue weighted by atomic mass is 32.1. The number of nitrogens with two attached hydrogens (primary N) is 1. The Kier molecular flexibility index (Phi) is 4.63. The molecular formula is C12H21NS. The third-order valence-electron chi connectivity index (χ3n) is 2.68. The molecule has 0 aliphatic carbocycles. The van der Waals surface area contributed by atoms with Gasteiger partial charge in [0, 0.05) is 10.9 Å². The fourth-order valence-corrected chi connectivity index (χ4v) is 2.86. The van der Waals surface area contributed by atoms with Gasteiger partial charge in [0.2, 0.25) is 0 Å². The second-order valence-electron chi connectivity index (χ2n) is 4.20. The Balaban J connectivity index is 2.50. The van der Waals surface area contributed by atoms with Gasteiger partial charge in [0.15, 0.2) is 0 Å². The molecule has 2 N–H and O–H groups in total. The second kappa shape index (κ2) is 5.52. The van der Waals surface area contributed by atoms with E-state index >= 15 is 0 Å². The quantitative estimate of drug-likeness (QED) is 0.786. The third kappa shape index (κ3) is 3.10. The Morgan fingerprint density at radius 2 is 2.21 bits per heavy atom. The highest BCUT2D eigenvalue weighted by Gasteiger charge is 2.13. The fourth-order valence-electron chi connectivity index (χ4n) is 1.92. The van der Waals surface area contributed by atoms with Crippen molar-refractivity contribution in [2.45, 2.75) is 46.1 Å². The minimum Gasteiger partial charge on any atom is -0.323 e. The van der Waals surface area contributed by atoms with Gasteiger partial charge in [-0.1, -0.05) is 26.7 Å². The van der Waals surface area contributed by atoms with Crippen LogP contribution in [0.15, 0.2) is 11.4 Å². The Hall–Kier alpha value is -0.340. The lowest BCUT2D eigenvalue weighted by Crippen LogP contribution is -2.13. The molecule has 2 unspecified atom stereocenters. The van der Waals surface area contributed by atoms with Gasteiger partial charge in [-0.25, -0.2) is 0 Å². The van der Waals surface area contributed by atoms with Crippen LogP contribution < -0.4 is 5.73 Å². The Morgan fingerprint density at radius 3 is 2.71 bits per heavy atom. The fraction of sp³-hybridized carbons (Fsp3) is 0.667. The number of aryl methyl sites for hydroxylation is 1. The predicted octanol–water partition coefficient (Wildman–Crippen LogP) is 3.88. The van der Waals surface area contributed by atoms with E-state index in [0.29, 0.717) is 0 Å². The number of hydrogen-bond donors (Lipinski definition) is 1. The average molecular weight is 211 g/mol. The summed E-state index contributed by atoms with van der Waals surface area (Å²) in [6.07, 6.45) is 3.67. The zero-order valence-electron chi connectivity index (χ0n) is 9.42. The van der Waals surface area contributed by atoms with E-state index in [1.165, 1.54) is 23.3 Å². The minimum atomic E-state index is 0.247. The largest absolute Gasteiger partial charge is 0.323 e. The summed E-state index contributed by atoms with van der Waals surface area (Å²) in [5.41, 5.74) is 7.53. The number of rotatable bonds is 5. The Bertz CT molecular complexity index is 267. The van der Waals surface area contributed by atoms with Gasteiger partial charge in [0.25, 0.3) is 0 Å². The first-order valence-electron chi connectivity index (χ1n) is 5.44. The van der Waals surface area contributed by atoms with Crippen molar-refractivity contribution >= 4 is 11.3 Å². The maximum atomic E-state index is 6.18. The van der Waals surface area contributed by atoms with Crippen molar-refractivity contribution in [2.75, 3.05) is 0 Å². The van der Waals surface area contributed by atoms with Crippen molar-refractivity contribution in [3.05, 3.63) is 21.9 Å². The summed E-state index contributed by atoms with van der Waals surface area (Å²) in [7, 11) is 0. The lowest BCUT2D eigenvalue weighted by atomic mass is 9.96. The maximum absolute atomic E-state index is 6.18. The molecule has 1 heterocycles. The van der Waals surface area contributed by atoms with Crippen LogP contribution in [0, 0.1) is 12.8 Å². The summed E-state index contributed by atoms with van der Waals surface area (Å²) >= 11 is 1.79. The van der Waals surface area contributed by atoms with Crippen LogP contribution in [0.4, 0.5) is 0 Å². The summed E-state index contributed by atoms with van der Waals surface area (Å²) in [5.74, 6) is 0.747. The molecule has 2 heteroatoms. The van der Waals surface area contributed by atoms with Crippen molar-refractivity contribution < 1.29 is 0 Å². The monoisotopic (exact) mass is 211 g/mol. The first-order valence-corrected chi connectivity index (χ1v) is 6.32. The molecule has 1 aromatic heterocycles. The van der Waals surface area contributed by atoms with E-state index in [1.807, 2.05) is 0 Å². The average Bonchev–Trinajstić information content (AvgIpc) is 2.51. The molecule has 0 amide bonds. The molecule has 2 atom stereocenters. The van der Waals surface area contributed by atoms with Gasteiger partial charge in [-0.05, 0) is 36.3 Å². The molecule has 0 aliphatic rings. The molecular weight excluding hydrogens is 190 g/mol. The molecule has 14 heavy (non-hydrogen) atoms. The molecule has 1 aromatic rings.